The minimum Gasteiger partial charge on any atom is -0.353 e. The summed E-state index contributed by atoms with van der Waals surface area (Å²) in [6, 6.07) is 6.89. The molecule has 7 heteroatoms. The van der Waals surface area contributed by atoms with Gasteiger partial charge in [-0.25, -0.2) is 0 Å². The highest BCUT2D eigenvalue weighted by molar-refractivity contribution is 8.01. The first-order chi connectivity index (χ1) is 10.1. The zero-order chi connectivity index (χ0) is 14.8. The van der Waals surface area contributed by atoms with Gasteiger partial charge >= 0.3 is 0 Å². The average molecular weight is 341 g/mol. The Hall–Kier alpha value is -0.820. The Morgan fingerprint density at radius 2 is 2.19 bits per heavy atom. The molecule has 0 amide bonds. The third-order valence-corrected chi connectivity index (χ3v) is 5.65. The van der Waals surface area contributed by atoms with E-state index in [-0.39, 0.29) is 0 Å². The summed E-state index contributed by atoms with van der Waals surface area (Å²) in [5.41, 5.74) is 1.15. The van der Waals surface area contributed by atoms with Crippen molar-refractivity contribution >= 4 is 39.8 Å². The van der Waals surface area contributed by atoms with Gasteiger partial charge in [-0.05, 0) is 30.5 Å². The summed E-state index contributed by atoms with van der Waals surface area (Å²) < 4.78 is 0.929. The molecule has 3 rings (SSSR count). The normalized spacial score (nSPS) is 14.4. The van der Waals surface area contributed by atoms with Crippen molar-refractivity contribution in [1.82, 2.24) is 15.5 Å². The lowest BCUT2D eigenvalue weighted by Crippen LogP contribution is -2.15. The summed E-state index contributed by atoms with van der Waals surface area (Å²) in [6.45, 7) is 0.845. The molecule has 0 spiro atoms. The molecule has 1 N–H and O–H groups in total. The summed E-state index contributed by atoms with van der Waals surface area (Å²) in [7, 11) is 3.93. The summed E-state index contributed by atoms with van der Waals surface area (Å²) >= 11 is 9.54. The Balaban J connectivity index is 1.65. The minimum absolute atomic E-state index is 0.695. The Morgan fingerprint density at radius 3 is 2.81 bits per heavy atom. The summed E-state index contributed by atoms with van der Waals surface area (Å²) in [5.74, 6) is 0. The van der Waals surface area contributed by atoms with Crippen molar-refractivity contribution in [3.8, 4) is 0 Å². The zero-order valence-corrected chi connectivity index (χ0v) is 14.4. The van der Waals surface area contributed by atoms with Crippen LogP contribution in [0.5, 0.6) is 0 Å². The molecule has 0 unspecified atom stereocenters. The molecule has 21 heavy (non-hydrogen) atoms. The van der Waals surface area contributed by atoms with Gasteiger partial charge in [0.2, 0.25) is 5.13 Å². The molecule has 4 nitrogen and oxygen atoms in total. The molecule has 1 fully saturated rings. The number of nitrogens with zero attached hydrogens (tertiary/aromatic N) is 3. The second kappa shape index (κ2) is 6.52. The van der Waals surface area contributed by atoms with Crippen molar-refractivity contribution < 1.29 is 0 Å². The lowest BCUT2D eigenvalue weighted by atomic mass is 10.2. The van der Waals surface area contributed by atoms with E-state index in [2.05, 4.69) is 27.6 Å². The monoisotopic (exact) mass is 340 g/mol. The molecule has 112 valence electrons. The smallest absolute Gasteiger partial charge is 0.208 e. The second-order valence-electron chi connectivity index (χ2n) is 5.26. The van der Waals surface area contributed by atoms with Crippen LogP contribution in [-0.2, 0) is 6.54 Å². The van der Waals surface area contributed by atoms with Gasteiger partial charge < -0.3 is 10.2 Å². The highest BCUT2D eigenvalue weighted by atomic mass is 35.5. The Kier molecular flexibility index (Phi) is 4.69. The molecular weight excluding hydrogens is 324 g/mol. The number of halogens is 1. The number of anilines is 1. The van der Waals surface area contributed by atoms with Crippen LogP contribution < -0.4 is 10.2 Å². The summed E-state index contributed by atoms with van der Waals surface area (Å²) in [6.07, 6.45) is 2.58. The number of aromatic nitrogens is 2. The molecular formula is C14H17ClN4S2. The molecule has 1 heterocycles. The third-order valence-electron chi connectivity index (χ3n) is 3.17. The van der Waals surface area contributed by atoms with Gasteiger partial charge in [0.05, 0.1) is 0 Å². The van der Waals surface area contributed by atoms with Gasteiger partial charge in [0.1, 0.15) is 0 Å². The molecule has 0 radical (unpaired) electrons. The summed E-state index contributed by atoms with van der Waals surface area (Å²) in [5, 5.41) is 13.5. The van der Waals surface area contributed by atoms with Gasteiger partial charge in [0.25, 0.3) is 0 Å². The predicted molar refractivity (Wildman–Crippen MR) is 89.7 cm³/mol. The van der Waals surface area contributed by atoms with Crippen LogP contribution in [0.15, 0.2) is 27.4 Å². The maximum atomic E-state index is 6.36. The van der Waals surface area contributed by atoms with E-state index < -0.39 is 0 Å². The number of rotatable bonds is 6. The maximum absolute atomic E-state index is 6.36. The van der Waals surface area contributed by atoms with E-state index in [0.29, 0.717) is 6.04 Å². The van der Waals surface area contributed by atoms with Gasteiger partial charge in [0, 0.05) is 36.6 Å². The van der Waals surface area contributed by atoms with E-state index in [0.717, 1.165) is 31.5 Å². The minimum atomic E-state index is 0.695. The van der Waals surface area contributed by atoms with Gasteiger partial charge in [0.15, 0.2) is 4.34 Å². The third kappa shape index (κ3) is 4.10. The van der Waals surface area contributed by atoms with Gasteiger partial charge in [-0.1, -0.05) is 40.8 Å². The average Bonchev–Trinajstić information content (AvgIpc) is 3.15. The SMILES string of the molecule is CN(C)c1nnc(Sc2ccc(CNC3CC3)c(Cl)c2)s1. The molecule has 1 aromatic carbocycles. The number of hydrogen-bond acceptors (Lipinski definition) is 6. The van der Waals surface area contributed by atoms with Crippen molar-refractivity contribution in [2.75, 3.05) is 19.0 Å². The van der Waals surface area contributed by atoms with Crippen molar-refractivity contribution in [3.63, 3.8) is 0 Å². The lowest BCUT2D eigenvalue weighted by Gasteiger charge is -2.07. The van der Waals surface area contributed by atoms with Crippen LogP contribution in [0.2, 0.25) is 5.02 Å². The lowest BCUT2D eigenvalue weighted by molar-refractivity contribution is 0.687. The van der Waals surface area contributed by atoms with Crippen molar-refractivity contribution in [2.45, 2.75) is 34.7 Å². The number of nitrogens with one attached hydrogen (secondary N) is 1. The fourth-order valence-corrected chi connectivity index (χ4v) is 3.89. The molecule has 1 aliphatic rings. The molecule has 1 aliphatic carbocycles. The van der Waals surface area contributed by atoms with E-state index in [1.54, 1.807) is 23.1 Å². The van der Waals surface area contributed by atoms with Crippen LogP contribution >= 0.6 is 34.7 Å². The molecule has 1 aromatic heterocycles. The highest BCUT2D eigenvalue weighted by Crippen LogP contribution is 2.34. The second-order valence-corrected chi connectivity index (χ2v) is 7.94. The summed E-state index contributed by atoms with van der Waals surface area (Å²) in [4.78, 5) is 3.05. The van der Waals surface area contributed by atoms with E-state index in [4.69, 9.17) is 11.6 Å². The fourth-order valence-electron chi connectivity index (χ4n) is 1.80. The van der Waals surface area contributed by atoms with E-state index in [1.165, 1.54) is 12.8 Å². The van der Waals surface area contributed by atoms with Crippen LogP contribution in [-0.4, -0.2) is 30.3 Å². The largest absolute Gasteiger partial charge is 0.353 e. The maximum Gasteiger partial charge on any atom is 0.208 e. The molecule has 0 bridgehead atoms. The van der Waals surface area contributed by atoms with Crippen molar-refractivity contribution in [2.24, 2.45) is 0 Å². The number of benzene rings is 1. The number of hydrogen-bond donors (Lipinski definition) is 1. The Labute approximate surface area is 137 Å². The molecule has 0 aliphatic heterocycles. The quantitative estimate of drug-likeness (QED) is 0.869. The Bertz CT molecular complexity index is 625. The van der Waals surface area contributed by atoms with Crippen LogP contribution in [0.25, 0.3) is 0 Å². The van der Waals surface area contributed by atoms with Gasteiger partial charge in [-0.2, -0.15) is 0 Å². The zero-order valence-electron chi connectivity index (χ0n) is 12.0. The van der Waals surface area contributed by atoms with Crippen LogP contribution in [0, 0.1) is 0 Å². The van der Waals surface area contributed by atoms with Gasteiger partial charge in [-0.3, -0.25) is 0 Å². The fraction of sp³-hybridized carbons (Fsp3) is 0.429. The molecule has 0 atom stereocenters. The van der Waals surface area contributed by atoms with Crippen LogP contribution in [0.3, 0.4) is 0 Å². The van der Waals surface area contributed by atoms with Crippen molar-refractivity contribution in [1.29, 1.82) is 0 Å². The first-order valence-electron chi connectivity index (χ1n) is 6.82. The van der Waals surface area contributed by atoms with E-state index in [1.807, 2.05) is 25.1 Å². The molecule has 1 saturated carbocycles. The van der Waals surface area contributed by atoms with Crippen molar-refractivity contribution in [3.05, 3.63) is 28.8 Å². The van der Waals surface area contributed by atoms with E-state index >= 15 is 0 Å². The highest BCUT2D eigenvalue weighted by Gasteiger charge is 2.20. The van der Waals surface area contributed by atoms with Crippen LogP contribution in [0.4, 0.5) is 5.13 Å². The topological polar surface area (TPSA) is 41.1 Å². The molecule has 2 aromatic rings. The van der Waals surface area contributed by atoms with Gasteiger partial charge in [-0.15, -0.1) is 10.2 Å². The van der Waals surface area contributed by atoms with E-state index in [9.17, 15) is 0 Å². The Morgan fingerprint density at radius 1 is 1.38 bits per heavy atom. The standard InChI is InChI=1S/C14H17ClN4S2/c1-19(2)13-17-18-14(21-13)20-11-6-3-9(12(15)7-11)8-16-10-4-5-10/h3,6-7,10,16H,4-5,8H2,1-2H3. The first kappa shape index (κ1) is 15.1. The molecule has 0 saturated heterocycles. The first-order valence-corrected chi connectivity index (χ1v) is 8.83. The predicted octanol–water partition coefficient (Wildman–Crippen LogP) is 3.66. The van der Waals surface area contributed by atoms with Crippen LogP contribution in [0.1, 0.15) is 18.4 Å².